The van der Waals surface area contributed by atoms with E-state index in [1.807, 2.05) is 31.2 Å². The summed E-state index contributed by atoms with van der Waals surface area (Å²) in [4.78, 5) is 0. The summed E-state index contributed by atoms with van der Waals surface area (Å²) in [6, 6.07) is 9.49. The van der Waals surface area contributed by atoms with Crippen molar-refractivity contribution in [1.82, 2.24) is 0 Å². The minimum Gasteiger partial charge on any atom is -0.497 e. The zero-order valence-corrected chi connectivity index (χ0v) is 9.06. The van der Waals surface area contributed by atoms with E-state index in [0.717, 1.165) is 17.9 Å². The van der Waals surface area contributed by atoms with Crippen LogP contribution in [0.4, 0.5) is 0 Å². The van der Waals surface area contributed by atoms with E-state index in [9.17, 15) is 0 Å². The fourth-order valence-electron chi connectivity index (χ4n) is 1.22. The molecule has 0 radical (unpaired) electrons. The lowest BCUT2D eigenvalue weighted by Crippen LogP contribution is -2.14. The van der Waals surface area contributed by atoms with Crippen LogP contribution in [0.15, 0.2) is 24.3 Å². The third-order valence-corrected chi connectivity index (χ3v) is 2.14. The van der Waals surface area contributed by atoms with Crippen molar-refractivity contribution in [3.05, 3.63) is 24.3 Å². The molecule has 0 bridgehead atoms. The van der Waals surface area contributed by atoms with Gasteiger partial charge >= 0.3 is 0 Å². The monoisotopic (exact) mass is 205 g/mol. The molecule has 15 heavy (non-hydrogen) atoms. The Labute approximate surface area is 90.2 Å². The molecule has 0 saturated carbocycles. The summed E-state index contributed by atoms with van der Waals surface area (Å²) in [5, 5.41) is 8.58. The van der Waals surface area contributed by atoms with Crippen LogP contribution in [0.2, 0.25) is 0 Å². The second-order valence-electron chi connectivity index (χ2n) is 3.19. The minimum absolute atomic E-state index is 0.0246. The Morgan fingerprint density at radius 1 is 1.27 bits per heavy atom. The van der Waals surface area contributed by atoms with Gasteiger partial charge < -0.3 is 9.47 Å². The number of benzene rings is 1. The van der Waals surface area contributed by atoms with Gasteiger partial charge in [-0.1, -0.05) is 6.92 Å². The van der Waals surface area contributed by atoms with Gasteiger partial charge in [-0.25, -0.2) is 0 Å². The molecule has 1 atom stereocenters. The first kappa shape index (κ1) is 11.4. The van der Waals surface area contributed by atoms with Crippen LogP contribution in [-0.4, -0.2) is 13.2 Å². The average molecular weight is 205 g/mol. The molecule has 3 nitrogen and oxygen atoms in total. The normalized spacial score (nSPS) is 11.5. The largest absolute Gasteiger partial charge is 0.497 e. The molecule has 0 aliphatic carbocycles. The van der Waals surface area contributed by atoms with E-state index < -0.39 is 0 Å². The summed E-state index contributed by atoms with van der Waals surface area (Å²) in [6.45, 7) is 2.01. The lowest BCUT2D eigenvalue weighted by molar-refractivity contribution is 0.202. The second kappa shape index (κ2) is 5.92. The van der Waals surface area contributed by atoms with Gasteiger partial charge in [0.1, 0.15) is 17.6 Å². The van der Waals surface area contributed by atoms with Crippen LogP contribution in [0.5, 0.6) is 11.5 Å². The van der Waals surface area contributed by atoms with Gasteiger partial charge in [-0.15, -0.1) is 0 Å². The molecule has 1 unspecified atom stereocenters. The van der Waals surface area contributed by atoms with E-state index in [1.54, 1.807) is 7.11 Å². The van der Waals surface area contributed by atoms with E-state index in [1.165, 1.54) is 0 Å². The Bertz CT molecular complexity index is 326. The van der Waals surface area contributed by atoms with Crippen molar-refractivity contribution < 1.29 is 9.47 Å². The van der Waals surface area contributed by atoms with E-state index in [4.69, 9.17) is 14.7 Å². The lowest BCUT2D eigenvalue weighted by atomic mass is 10.2. The standard InChI is InChI=1S/C12H15NO2/c1-3-10(8-9-13)15-12-6-4-11(14-2)5-7-12/h4-7,10H,3,8H2,1-2H3. The second-order valence-corrected chi connectivity index (χ2v) is 3.19. The molecule has 0 N–H and O–H groups in total. The van der Waals surface area contributed by atoms with Crippen molar-refractivity contribution in [2.45, 2.75) is 25.9 Å². The fourth-order valence-corrected chi connectivity index (χ4v) is 1.22. The molecular weight excluding hydrogens is 190 g/mol. The molecule has 0 heterocycles. The molecule has 0 saturated heterocycles. The van der Waals surface area contributed by atoms with Gasteiger partial charge in [-0.2, -0.15) is 5.26 Å². The summed E-state index contributed by atoms with van der Waals surface area (Å²) in [6.07, 6.45) is 1.23. The zero-order chi connectivity index (χ0) is 11.1. The van der Waals surface area contributed by atoms with Gasteiger partial charge in [0.2, 0.25) is 0 Å². The number of nitrogens with zero attached hydrogens (tertiary/aromatic N) is 1. The fraction of sp³-hybridized carbons (Fsp3) is 0.417. The van der Waals surface area contributed by atoms with Gasteiger partial charge in [0.05, 0.1) is 19.6 Å². The summed E-state index contributed by atoms with van der Waals surface area (Å²) >= 11 is 0. The molecular formula is C12H15NO2. The van der Waals surface area contributed by atoms with E-state index in [-0.39, 0.29) is 6.10 Å². The molecule has 1 rings (SSSR count). The van der Waals surface area contributed by atoms with Crippen LogP contribution in [-0.2, 0) is 0 Å². The topological polar surface area (TPSA) is 42.2 Å². The minimum atomic E-state index is -0.0246. The molecule has 80 valence electrons. The van der Waals surface area contributed by atoms with Crippen LogP contribution in [0.3, 0.4) is 0 Å². The number of nitriles is 1. The highest BCUT2D eigenvalue weighted by Crippen LogP contribution is 2.19. The van der Waals surface area contributed by atoms with Crippen LogP contribution in [0.25, 0.3) is 0 Å². The third kappa shape index (κ3) is 3.51. The van der Waals surface area contributed by atoms with Crippen LogP contribution in [0.1, 0.15) is 19.8 Å². The number of hydrogen-bond acceptors (Lipinski definition) is 3. The first-order valence-corrected chi connectivity index (χ1v) is 4.97. The Balaban J connectivity index is 2.59. The van der Waals surface area contributed by atoms with Crippen molar-refractivity contribution in [2.75, 3.05) is 7.11 Å². The van der Waals surface area contributed by atoms with Gasteiger partial charge in [-0.3, -0.25) is 0 Å². The highest BCUT2D eigenvalue weighted by molar-refractivity contribution is 5.31. The van der Waals surface area contributed by atoms with E-state index in [0.29, 0.717) is 6.42 Å². The number of ether oxygens (including phenoxy) is 2. The van der Waals surface area contributed by atoms with Crippen molar-refractivity contribution in [2.24, 2.45) is 0 Å². The summed E-state index contributed by atoms with van der Waals surface area (Å²) in [5.74, 6) is 1.58. The zero-order valence-electron chi connectivity index (χ0n) is 9.06. The predicted octanol–water partition coefficient (Wildman–Crippen LogP) is 2.77. The van der Waals surface area contributed by atoms with Crippen LogP contribution >= 0.6 is 0 Å². The molecule has 0 aliphatic rings. The number of rotatable bonds is 5. The first-order valence-electron chi connectivity index (χ1n) is 4.97. The smallest absolute Gasteiger partial charge is 0.120 e. The third-order valence-electron chi connectivity index (χ3n) is 2.14. The number of hydrogen-bond donors (Lipinski definition) is 0. The van der Waals surface area contributed by atoms with Crippen LogP contribution in [0, 0.1) is 11.3 Å². The molecule has 0 aromatic heterocycles. The van der Waals surface area contributed by atoms with Crippen molar-refractivity contribution in [3.63, 3.8) is 0 Å². The maximum Gasteiger partial charge on any atom is 0.120 e. The summed E-state index contributed by atoms with van der Waals surface area (Å²) in [5.41, 5.74) is 0. The molecule has 1 aromatic rings. The van der Waals surface area contributed by atoms with Crippen molar-refractivity contribution in [1.29, 1.82) is 5.26 Å². The maximum atomic E-state index is 8.58. The van der Waals surface area contributed by atoms with Crippen molar-refractivity contribution >= 4 is 0 Å². The summed E-state index contributed by atoms with van der Waals surface area (Å²) < 4.78 is 10.7. The highest BCUT2D eigenvalue weighted by Gasteiger charge is 2.06. The molecule has 0 aliphatic heterocycles. The quantitative estimate of drug-likeness (QED) is 0.742. The van der Waals surface area contributed by atoms with Gasteiger partial charge in [0, 0.05) is 0 Å². The molecule has 0 amide bonds. The molecule has 0 fully saturated rings. The first-order chi connectivity index (χ1) is 7.30. The van der Waals surface area contributed by atoms with Gasteiger partial charge in [0.15, 0.2) is 0 Å². The average Bonchev–Trinajstić information content (AvgIpc) is 2.29. The highest BCUT2D eigenvalue weighted by atomic mass is 16.5. The molecule has 1 aromatic carbocycles. The Morgan fingerprint density at radius 3 is 2.33 bits per heavy atom. The Hall–Kier alpha value is -1.69. The summed E-state index contributed by atoms with van der Waals surface area (Å²) in [7, 11) is 1.63. The van der Waals surface area contributed by atoms with Gasteiger partial charge in [0.25, 0.3) is 0 Å². The van der Waals surface area contributed by atoms with Crippen LogP contribution < -0.4 is 9.47 Å². The van der Waals surface area contributed by atoms with E-state index in [2.05, 4.69) is 6.07 Å². The lowest BCUT2D eigenvalue weighted by Gasteiger charge is -2.14. The Kier molecular flexibility index (Phi) is 4.49. The Morgan fingerprint density at radius 2 is 1.87 bits per heavy atom. The molecule has 0 spiro atoms. The van der Waals surface area contributed by atoms with Gasteiger partial charge in [-0.05, 0) is 30.7 Å². The maximum absolute atomic E-state index is 8.58. The predicted molar refractivity (Wildman–Crippen MR) is 57.9 cm³/mol. The molecule has 3 heteroatoms. The number of methoxy groups -OCH3 is 1. The van der Waals surface area contributed by atoms with Crippen molar-refractivity contribution in [3.8, 4) is 17.6 Å². The SMILES string of the molecule is CCC(CC#N)Oc1ccc(OC)cc1. The van der Waals surface area contributed by atoms with E-state index >= 15 is 0 Å².